The molecule has 6 rings (SSSR count). The largest absolute Gasteiger partial charge is 0.497 e. The molecule has 40 heavy (non-hydrogen) atoms. The van der Waals surface area contributed by atoms with Crippen LogP contribution in [0.3, 0.4) is 0 Å². The molecule has 1 aliphatic heterocycles. The minimum Gasteiger partial charge on any atom is -0.497 e. The minimum atomic E-state index is -4.09. The van der Waals surface area contributed by atoms with Crippen LogP contribution in [0.1, 0.15) is 74.5 Å². The van der Waals surface area contributed by atoms with Crippen molar-refractivity contribution in [2.75, 3.05) is 14.2 Å². The van der Waals surface area contributed by atoms with E-state index in [0.717, 1.165) is 61.2 Å². The predicted octanol–water partition coefficient (Wildman–Crippen LogP) is 7.46. The van der Waals surface area contributed by atoms with Crippen molar-refractivity contribution in [3.05, 3.63) is 77.4 Å². The molecule has 7 heteroatoms. The maximum Gasteiger partial charge on any atom is 0.339 e. The SMILES string of the molecule is COc1ccc2c(c1)O[C@]1(c3ccc(OC)cc3OS(=O)(=O)c3ccc(C)cc3)CCCC[C@H]1C21CCCCC1. The van der Waals surface area contributed by atoms with Crippen molar-refractivity contribution in [3.63, 3.8) is 0 Å². The Kier molecular flexibility index (Phi) is 6.97. The lowest BCUT2D eigenvalue weighted by Gasteiger charge is -2.58. The highest BCUT2D eigenvalue weighted by molar-refractivity contribution is 7.87. The Morgan fingerprint density at radius 3 is 2.12 bits per heavy atom. The monoisotopic (exact) mass is 562 g/mol. The first-order valence-corrected chi connectivity index (χ1v) is 15.8. The smallest absolute Gasteiger partial charge is 0.339 e. The molecule has 0 N–H and O–H groups in total. The zero-order valence-corrected chi connectivity index (χ0v) is 24.4. The van der Waals surface area contributed by atoms with Crippen molar-refractivity contribution in [2.24, 2.45) is 5.92 Å². The lowest BCUT2D eigenvalue weighted by Crippen LogP contribution is -2.57. The van der Waals surface area contributed by atoms with Crippen LogP contribution < -0.4 is 18.4 Å². The fourth-order valence-electron chi connectivity index (χ4n) is 7.59. The molecule has 0 radical (unpaired) electrons. The molecule has 2 aliphatic carbocycles. The van der Waals surface area contributed by atoms with Crippen molar-refractivity contribution in [1.82, 2.24) is 0 Å². The molecule has 2 fully saturated rings. The highest BCUT2D eigenvalue weighted by atomic mass is 32.2. The summed E-state index contributed by atoms with van der Waals surface area (Å²) in [5, 5.41) is 0. The van der Waals surface area contributed by atoms with Gasteiger partial charge in [-0.05, 0) is 69.4 Å². The molecule has 6 nitrogen and oxygen atoms in total. The third-order valence-electron chi connectivity index (χ3n) is 9.44. The van der Waals surface area contributed by atoms with Crippen molar-refractivity contribution < 1.29 is 26.8 Å². The first-order valence-electron chi connectivity index (χ1n) is 14.4. The molecule has 2 saturated carbocycles. The Bertz CT molecular complexity index is 1490. The summed E-state index contributed by atoms with van der Waals surface area (Å²) in [7, 11) is -0.846. The van der Waals surface area contributed by atoms with E-state index in [1.165, 1.54) is 24.8 Å². The average Bonchev–Trinajstić information content (AvgIpc) is 2.97. The normalized spacial score (nSPS) is 23.4. The van der Waals surface area contributed by atoms with Crippen LogP contribution in [-0.4, -0.2) is 22.6 Å². The molecule has 0 bridgehead atoms. The van der Waals surface area contributed by atoms with Gasteiger partial charge in [0.05, 0.1) is 14.2 Å². The maximum absolute atomic E-state index is 13.6. The van der Waals surface area contributed by atoms with E-state index in [2.05, 4.69) is 6.07 Å². The van der Waals surface area contributed by atoms with Crippen molar-refractivity contribution >= 4 is 10.1 Å². The summed E-state index contributed by atoms with van der Waals surface area (Å²) in [5.74, 6) is 2.58. The van der Waals surface area contributed by atoms with Gasteiger partial charge >= 0.3 is 10.1 Å². The summed E-state index contributed by atoms with van der Waals surface area (Å²) < 4.78 is 51.4. The molecule has 0 saturated heterocycles. The van der Waals surface area contributed by atoms with Gasteiger partial charge in [-0.1, -0.05) is 49.4 Å². The molecule has 1 spiro atoms. The van der Waals surface area contributed by atoms with Gasteiger partial charge in [-0.2, -0.15) is 8.42 Å². The molecule has 0 amide bonds. The van der Waals surface area contributed by atoms with Gasteiger partial charge in [0.15, 0.2) is 5.75 Å². The van der Waals surface area contributed by atoms with E-state index in [9.17, 15) is 8.42 Å². The molecule has 0 unspecified atom stereocenters. The predicted molar refractivity (Wildman–Crippen MR) is 154 cm³/mol. The minimum absolute atomic E-state index is 0.0500. The molecule has 212 valence electrons. The molecule has 3 aromatic carbocycles. The second-order valence-electron chi connectivity index (χ2n) is 11.6. The van der Waals surface area contributed by atoms with E-state index in [1.807, 2.05) is 31.2 Å². The van der Waals surface area contributed by atoms with Gasteiger partial charge in [0.2, 0.25) is 0 Å². The van der Waals surface area contributed by atoms with Crippen LogP contribution >= 0.6 is 0 Å². The third-order valence-corrected chi connectivity index (χ3v) is 10.7. The summed E-state index contributed by atoms with van der Waals surface area (Å²) in [6.45, 7) is 1.92. The van der Waals surface area contributed by atoms with Crippen LogP contribution in [0.15, 0.2) is 65.6 Å². The quantitative estimate of drug-likeness (QED) is 0.291. The number of ether oxygens (including phenoxy) is 3. The fraction of sp³-hybridized carbons (Fsp3) is 0.455. The summed E-state index contributed by atoms with van der Waals surface area (Å²) >= 11 is 0. The molecule has 3 aliphatic rings. The zero-order valence-electron chi connectivity index (χ0n) is 23.6. The van der Waals surface area contributed by atoms with Gasteiger partial charge in [0, 0.05) is 34.6 Å². The van der Waals surface area contributed by atoms with E-state index in [0.29, 0.717) is 5.75 Å². The number of methoxy groups -OCH3 is 2. The standard InChI is InChI=1S/C33H38O6S/c1-23-10-14-26(15-11-23)40(34,35)39-30-22-25(37-3)13-17-28(30)33-20-8-5-9-31(33)32(18-6-4-7-19-32)27-16-12-24(36-2)21-29(27)38-33/h10-17,21-22,31H,4-9,18-20H2,1-3H3/t31-,33-/m0/s1. The van der Waals surface area contributed by atoms with E-state index in [4.69, 9.17) is 18.4 Å². The molecule has 0 aromatic heterocycles. The molecular formula is C33H38O6S. The van der Waals surface area contributed by atoms with Crippen LogP contribution in [0, 0.1) is 12.8 Å². The number of fused-ring (bicyclic) bond motifs is 4. The Labute approximate surface area is 237 Å². The number of aryl methyl sites for hydroxylation is 1. The summed E-state index contributed by atoms with van der Waals surface area (Å²) in [5.41, 5.74) is 2.23. The van der Waals surface area contributed by atoms with Crippen LogP contribution in [0.4, 0.5) is 0 Å². The van der Waals surface area contributed by atoms with Crippen LogP contribution in [0.25, 0.3) is 0 Å². The Hall–Kier alpha value is -3.19. The lowest BCUT2D eigenvalue weighted by atomic mass is 9.51. The number of benzene rings is 3. The van der Waals surface area contributed by atoms with Gasteiger partial charge in [0.1, 0.15) is 27.7 Å². The molecule has 3 aromatic rings. The van der Waals surface area contributed by atoms with Crippen LogP contribution in [0.5, 0.6) is 23.0 Å². The maximum atomic E-state index is 13.6. The first-order chi connectivity index (χ1) is 19.3. The lowest BCUT2D eigenvalue weighted by molar-refractivity contribution is -0.0956. The van der Waals surface area contributed by atoms with E-state index >= 15 is 0 Å². The summed E-state index contributed by atoms with van der Waals surface area (Å²) in [6.07, 6.45) is 9.67. The average molecular weight is 563 g/mol. The van der Waals surface area contributed by atoms with E-state index < -0.39 is 15.7 Å². The van der Waals surface area contributed by atoms with Crippen molar-refractivity contribution in [2.45, 2.75) is 80.6 Å². The number of hydrogen-bond acceptors (Lipinski definition) is 6. The number of hydrogen-bond donors (Lipinski definition) is 0. The van der Waals surface area contributed by atoms with Gasteiger partial charge in [-0.25, -0.2) is 0 Å². The second kappa shape index (κ2) is 10.3. The molecule has 2 atom stereocenters. The first kappa shape index (κ1) is 27.0. The van der Waals surface area contributed by atoms with Crippen molar-refractivity contribution in [1.29, 1.82) is 0 Å². The van der Waals surface area contributed by atoms with Gasteiger partial charge in [0.25, 0.3) is 0 Å². The van der Waals surface area contributed by atoms with E-state index in [-0.39, 0.29) is 22.0 Å². The topological polar surface area (TPSA) is 71.1 Å². The zero-order chi connectivity index (χ0) is 28.0. The fourth-order valence-corrected chi connectivity index (χ4v) is 8.53. The van der Waals surface area contributed by atoms with Gasteiger partial charge < -0.3 is 18.4 Å². The summed E-state index contributed by atoms with van der Waals surface area (Å²) in [6, 6.07) is 18.5. The highest BCUT2D eigenvalue weighted by Gasteiger charge is 2.60. The highest BCUT2D eigenvalue weighted by Crippen LogP contribution is 2.64. The Morgan fingerprint density at radius 2 is 1.43 bits per heavy atom. The summed E-state index contributed by atoms with van der Waals surface area (Å²) in [4.78, 5) is 0.118. The number of rotatable bonds is 6. The van der Waals surface area contributed by atoms with Gasteiger partial charge in [-0.3, -0.25) is 0 Å². The Balaban J connectivity index is 1.54. The van der Waals surface area contributed by atoms with Crippen LogP contribution in [0.2, 0.25) is 0 Å². The van der Waals surface area contributed by atoms with Crippen LogP contribution in [-0.2, 0) is 21.1 Å². The van der Waals surface area contributed by atoms with Gasteiger partial charge in [-0.15, -0.1) is 0 Å². The Morgan fingerprint density at radius 1 is 0.775 bits per heavy atom. The second-order valence-corrected chi connectivity index (χ2v) is 13.1. The molecular weight excluding hydrogens is 524 g/mol. The van der Waals surface area contributed by atoms with Crippen molar-refractivity contribution in [3.8, 4) is 23.0 Å². The third kappa shape index (κ3) is 4.43. The molecule has 1 heterocycles. The van der Waals surface area contributed by atoms with E-state index in [1.54, 1.807) is 44.6 Å².